The van der Waals surface area contributed by atoms with Crippen molar-refractivity contribution in [2.45, 2.75) is 38.7 Å². The summed E-state index contributed by atoms with van der Waals surface area (Å²) in [7, 11) is 0. The van der Waals surface area contributed by atoms with Gasteiger partial charge in [0.15, 0.2) is 5.82 Å². The van der Waals surface area contributed by atoms with Crippen molar-refractivity contribution >= 4 is 23.5 Å². The lowest BCUT2D eigenvalue weighted by Crippen LogP contribution is -2.37. The molecule has 0 unspecified atom stereocenters. The van der Waals surface area contributed by atoms with Crippen molar-refractivity contribution in [3.8, 4) is 0 Å². The molecular weight excluding hydrogens is 358 g/mol. The number of benzene rings is 1. The summed E-state index contributed by atoms with van der Waals surface area (Å²) >= 11 is 0. The number of H-pyrrole nitrogens is 1. The van der Waals surface area contributed by atoms with Gasteiger partial charge in [0, 0.05) is 42.4 Å². The Labute approximate surface area is 164 Å². The summed E-state index contributed by atoms with van der Waals surface area (Å²) < 4.78 is 5.41. The first-order chi connectivity index (χ1) is 13.5. The Kier molecular flexibility index (Phi) is 6.52. The average molecular weight is 385 g/mol. The molecule has 0 bridgehead atoms. The third kappa shape index (κ3) is 5.48. The van der Waals surface area contributed by atoms with E-state index in [1.165, 1.54) is 0 Å². The van der Waals surface area contributed by atoms with Crippen LogP contribution in [0.15, 0.2) is 36.4 Å². The number of nitrogens with one attached hydrogen (secondary N) is 4. The molecule has 1 aliphatic rings. The van der Waals surface area contributed by atoms with Gasteiger partial charge in [-0.1, -0.05) is 32.0 Å². The van der Waals surface area contributed by atoms with Crippen molar-refractivity contribution in [1.82, 2.24) is 15.5 Å². The molecule has 0 radical (unpaired) electrons. The second-order valence-corrected chi connectivity index (χ2v) is 7.27. The molecule has 1 fully saturated rings. The molecular formula is C20H27N5O3. The Morgan fingerprint density at radius 2 is 1.96 bits per heavy atom. The maximum atomic E-state index is 11.9. The highest BCUT2D eigenvalue weighted by atomic mass is 16.6. The lowest BCUT2D eigenvalue weighted by Gasteiger charge is -2.33. The van der Waals surface area contributed by atoms with Crippen LogP contribution in [-0.2, 0) is 9.53 Å². The topological polar surface area (TPSA) is 108 Å². The lowest BCUT2D eigenvalue weighted by atomic mass is 9.80. The van der Waals surface area contributed by atoms with Crippen LogP contribution >= 0.6 is 0 Å². The SMILES string of the molecule is CC(C)C(=O)Nc1cc(C2CC(OC(=O)NCCNc3ccccc3)C2)[nH]n1. The van der Waals surface area contributed by atoms with E-state index >= 15 is 0 Å². The standard InChI is InChI=1S/C20H27N5O3/c1-13(2)19(26)23-18-12-17(24-25-18)14-10-16(11-14)28-20(27)22-9-8-21-15-6-4-3-5-7-15/h3-7,12-14,16,21H,8-11H2,1-2H3,(H,22,27)(H2,23,24,25,26). The number of para-hydroxylation sites is 1. The van der Waals surface area contributed by atoms with Gasteiger partial charge in [-0.3, -0.25) is 9.89 Å². The van der Waals surface area contributed by atoms with Crippen LogP contribution in [0.1, 0.15) is 38.3 Å². The normalized spacial score (nSPS) is 18.2. The fourth-order valence-corrected chi connectivity index (χ4v) is 2.92. The third-order valence-corrected chi connectivity index (χ3v) is 4.68. The van der Waals surface area contributed by atoms with E-state index in [0.29, 0.717) is 18.9 Å². The average Bonchev–Trinajstić information content (AvgIpc) is 3.10. The predicted molar refractivity (Wildman–Crippen MR) is 107 cm³/mol. The van der Waals surface area contributed by atoms with Crippen LogP contribution in [0.2, 0.25) is 0 Å². The summed E-state index contributed by atoms with van der Waals surface area (Å²) in [5.41, 5.74) is 1.97. The number of amides is 2. The van der Waals surface area contributed by atoms with E-state index in [-0.39, 0.29) is 23.8 Å². The fourth-order valence-electron chi connectivity index (χ4n) is 2.92. The molecule has 0 atom stereocenters. The molecule has 0 saturated heterocycles. The number of nitrogens with zero attached hydrogens (tertiary/aromatic N) is 1. The zero-order valence-electron chi connectivity index (χ0n) is 16.2. The second-order valence-electron chi connectivity index (χ2n) is 7.27. The minimum absolute atomic E-state index is 0.0636. The molecule has 1 aromatic heterocycles. The smallest absolute Gasteiger partial charge is 0.407 e. The summed E-state index contributed by atoms with van der Waals surface area (Å²) in [6, 6.07) is 11.7. The Bertz CT molecular complexity index is 784. The molecule has 0 spiro atoms. The number of aromatic amines is 1. The number of anilines is 2. The van der Waals surface area contributed by atoms with E-state index in [4.69, 9.17) is 4.74 Å². The number of ether oxygens (including phenoxy) is 1. The molecule has 1 aromatic carbocycles. The van der Waals surface area contributed by atoms with Gasteiger partial charge in [0.1, 0.15) is 6.10 Å². The van der Waals surface area contributed by atoms with Crippen LogP contribution in [0.5, 0.6) is 0 Å². The first-order valence-electron chi connectivity index (χ1n) is 9.61. The van der Waals surface area contributed by atoms with Crippen LogP contribution in [0.4, 0.5) is 16.3 Å². The number of hydrogen-bond acceptors (Lipinski definition) is 5. The molecule has 1 aliphatic carbocycles. The zero-order chi connectivity index (χ0) is 19.9. The van der Waals surface area contributed by atoms with Crippen LogP contribution in [0.3, 0.4) is 0 Å². The molecule has 4 N–H and O–H groups in total. The van der Waals surface area contributed by atoms with Crippen molar-refractivity contribution in [1.29, 1.82) is 0 Å². The van der Waals surface area contributed by atoms with Crippen LogP contribution < -0.4 is 16.0 Å². The fraction of sp³-hybridized carbons (Fsp3) is 0.450. The number of carbonyl (C=O) groups is 2. The van der Waals surface area contributed by atoms with Gasteiger partial charge in [0.2, 0.25) is 5.91 Å². The van der Waals surface area contributed by atoms with E-state index in [1.807, 2.05) is 50.2 Å². The molecule has 2 aromatic rings. The van der Waals surface area contributed by atoms with Gasteiger partial charge in [-0.25, -0.2) is 4.79 Å². The van der Waals surface area contributed by atoms with E-state index in [9.17, 15) is 9.59 Å². The highest BCUT2D eigenvalue weighted by Crippen LogP contribution is 2.38. The van der Waals surface area contributed by atoms with E-state index < -0.39 is 6.09 Å². The summed E-state index contributed by atoms with van der Waals surface area (Å²) in [5, 5.41) is 15.8. The summed E-state index contributed by atoms with van der Waals surface area (Å²) in [6.07, 6.45) is 1.00. The van der Waals surface area contributed by atoms with Crippen molar-refractivity contribution in [2.24, 2.45) is 5.92 Å². The van der Waals surface area contributed by atoms with Gasteiger partial charge in [0.05, 0.1) is 0 Å². The number of carbonyl (C=O) groups excluding carboxylic acids is 2. The Morgan fingerprint density at radius 1 is 1.21 bits per heavy atom. The van der Waals surface area contributed by atoms with Crippen molar-refractivity contribution in [2.75, 3.05) is 23.7 Å². The van der Waals surface area contributed by atoms with Crippen LogP contribution in [-0.4, -0.2) is 41.4 Å². The predicted octanol–water partition coefficient (Wildman–Crippen LogP) is 3.09. The Morgan fingerprint density at radius 3 is 2.68 bits per heavy atom. The Hall–Kier alpha value is -3.03. The summed E-state index contributed by atoms with van der Waals surface area (Å²) in [4.78, 5) is 23.6. The number of aromatic nitrogens is 2. The van der Waals surface area contributed by atoms with Gasteiger partial charge >= 0.3 is 6.09 Å². The first kappa shape index (κ1) is 19.7. The van der Waals surface area contributed by atoms with Gasteiger partial charge in [0.25, 0.3) is 0 Å². The second kappa shape index (κ2) is 9.25. The summed E-state index contributed by atoms with van der Waals surface area (Å²) in [6.45, 7) is 4.79. The maximum absolute atomic E-state index is 11.9. The molecule has 150 valence electrons. The highest BCUT2D eigenvalue weighted by Gasteiger charge is 2.34. The molecule has 0 aliphatic heterocycles. The van der Waals surface area contributed by atoms with Crippen LogP contribution in [0.25, 0.3) is 0 Å². The van der Waals surface area contributed by atoms with Crippen molar-refractivity contribution < 1.29 is 14.3 Å². The number of alkyl carbamates (subject to hydrolysis) is 1. The minimum Gasteiger partial charge on any atom is -0.446 e. The molecule has 8 nitrogen and oxygen atoms in total. The van der Waals surface area contributed by atoms with Crippen molar-refractivity contribution in [3.05, 3.63) is 42.1 Å². The van der Waals surface area contributed by atoms with Gasteiger partial charge < -0.3 is 20.7 Å². The van der Waals surface area contributed by atoms with E-state index in [2.05, 4.69) is 26.1 Å². The molecule has 1 heterocycles. The first-order valence-corrected chi connectivity index (χ1v) is 9.61. The maximum Gasteiger partial charge on any atom is 0.407 e. The Balaban J connectivity index is 1.31. The zero-order valence-corrected chi connectivity index (χ0v) is 16.2. The molecule has 28 heavy (non-hydrogen) atoms. The van der Waals surface area contributed by atoms with Gasteiger partial charge in [-0.15, -0.1) is 0 Å². The molecule has 1 saturated carbocycles. The molecule has 8 heteroatoms. The lowest BCUT2D eigenvalue weighted by molar-refractivity contribution is -0.118. The van der Waals surface area contributed by atoms with Gasteiger partial charge in [-0.05, 0) is 25.0 Å². The van der Waals surface area contributed by atoms with E-state index in [0.717, 1.165) is 24.2 Å². The largest absolute Gasteiger partial charge is 0.446 e. The van der Waals surface area contributed by atoms with E-state index in [1.54, 1.807) is 0 Å². The quantitative estimate of drug-likeness (QED) is 0.522. The number of hydrogen-bond donors (Lipinski definition) is 4. The minimum atomic E-state index is -0.396. The monoisotopic (exact) mass is 385 g/mol. The van der Waals surface area contributed by atoms with Crippen molar-refractivity contribution in [3.63, 3.8) is 0 Å². The van der Waals surface area contributed by atoms with Crippen LogP contribution in [0, 0.1) is 5.92 Å². The number of rotatable bonds is 8. The summed E-state index contributed by atoms with van der Waals surface area (Å²) in [5.74, 6) is 0.630. The molecule has 2 amide bonds. The highest BCUT2D eigenvalue weighted by molar-refractivity contribution is 5.91. The molecule has 3 rings (SSSR count). The third-order valence-electron chi connectivity index (χ3n) is 4.68. The van der Waals surface area contributed by atoms with Gasteiger partial charge in [-0.2, -0.15) is 5.10 Å².